The third-order valence-corrected chi connectivity index (χ3v) is 4.15. The van der Waals surface area contributed by atoms with Gasteiger partial charge in [0.05, 0.1) is 0 Å². The lowest BCUT2D eigenvalue weighted by molar-refractivity contribution is 0.187. The van der Waals surface area contributed by atoms with Crippen LogP contribution < -0.4 is 5.32 Å². The van der Waals surface area contributed by atoms with Crippen LogP contribution in [0.15, 0.2) is 0 Å². The first-order valence-electron chi connectivity index (χ1n) is 6.95. The van der Waals surface area contributed by atoms with Crippen molar-refractivity contribution in [2.45, 2.75) is 38.6 Å². The molecule has 1 saturated carbocycles. The molecule has 2 amide bonds. The van der Waals surface area contributed by atoms with Gasteiger partial charge in [-0.05, 0) is 25.3 Å². The molecule has 0 aromatic heterocycles. The van der Waals surface area contributed by atoms with Gasteiger partial charge >= 0.3 is 6.03 Å². The van der Waals surface area contributed by atoms with Crippen LogP contribution in [0, 0.1) is 5.92 Å². The zero-order chi connectivity index (χ0) is 12.3. The Morgan fingerprint density at radius 2 is 2.06 bits per heavy atom. The summed E-state index contributed by atoms with van der Waals surface area (Å²) in [6.07, 6.45) is 5.38. The minimum Gasteiger partial charge on any atom is -0.326 e. The molecule has 17 heavy (non-hydrogen) atoms. The van der Waals surface area contributed by atoms with Crippen molar-refractivity contribution in [1.82, 2.24) is 15.1 Å². The summed E-state index contributed by atoms with van der Waals surface area (Å²) in [5, 5.41) is 3.57. The summed E-state index contributed by atoms with van der Waals surface area (Å²) in [5.41, 5.74) is 0. The largest absolute Gasteiger partial charge is 0.326 e. The highest BCUT2D eigenvalue weighted by Crippen LogP contribution is 2.28. The van der Waals surface area contributed by atoms with Crippen LogP contribution in [0.3, 0.4) is 0 Å². The maximum Gasteiger partial charge on any atom is 0.319 e. The van der Waals surface area contributed by atoms with E-state index < -0.39 is 0 Å². The molecule has 1 aliphatic carbocycles. The first-order valence-corrected chi connectivity index (χ1v) is 6.95. The van der Waals surface area contributed by atoms with E-state index in [4.69, 9.17) is 0 Å². The molecule has 0 bridgehead atoms. The van der Waals surface area contributed by atoms with Crippen LogP contribution in [-0.2, 0) is 0 Å². The number of likely N-dealkylation sites (N-methyl/N-ethyl adjacent to an activating group) is 2. The predicted octanol–water partition coefficient (Wildman–Crippen LogP) is 1.52. The van der Waals surface area contributed by atoms with Crippen LogP contribution in [0.25, 0.3) is 0 Å². The summed E-state index contributed by atoms with van der Waals surface area (Å²) in [6.45, 7) is 5.81. The van der Waals surface area contributed by atoms with E-state index in [2.05, 4.69) is 12.2 Å². The number of carbonyl (C=O) groups excluding carboxylic acids is 1. The molecule has 0 aromatic rings. The van der Waals surface area contributed by atoms with E-state index in [9.17, 15) is 4.79 Å². The lowest BCUT2D eigenvalue weighted by atomic mass is 9.97. The molecule has 4 heteroatoms. The quantitative estimate of drug-likeness (QED) is 0.789. The maximum atomic E-state index is 11.9. The number of hydrogen-bond acceptors (Lipinski definition) is 2. The lowest BCUT2D eigenvalue weighted by Crippen LogP contribution is -2.46. The summed E-state index contributed by atoms with van der Waals surface area (Å²) < 4.78 is 0. The molecular formula is C13H25N3O. The Balaban J connectivity index is 1.90. The van der Waals surface area contributed by atoms with Gasteiger partial charge in [-0.3, -0.25) is 0 Å². The summed E-state index contributed by atoms with van der Waals surface area (Å²) in [5.74, 6) is 0.772. The Kier molecular flexibility index (Phi) is 4.26. The molecule has 4 nitrogen and oxygen atoms in total. The Hall–Kier alpha value is -0.770. The van der Waals surface area contributed by atoms with Crippen molar-refractivity contribution in [2.75, 3.05) is 33.2 Å². The van der Waals surface area contributed by atoms with E-state index in [1.165, 1.54) is 25.7 Å². The van der Waals surface area contributed by atoms with Crippen molar-refractivity contribution in [3.63, 3.8) is 0 Å². The predicted molar refractivity (Wildman–Crippen MR) is 69.0 cm³/mol. The number of rotatable bonds is 5. The van der Waals surface area contributed by atoms with E-state index in [0.29, 0.717) is 6.04 Å². The van der Waals surface area contributed by atoms with Crippen molar-refractivity contribution in [3.8, 4) is 0 Å². The van der Waals surface area contributed by atoms with Crippen LogP contribution in [0.5, 0.6) is 0 Å². The van der Waals surface area contributed by atoms with Crippen molar-refractivity contribution in [2.24, 2.45) is 5.92 Å². The van der Waals surface area contributed by atoms with Crippen molar-refractivity contribution < 1.29 is 4.79 Å². The van der Waals surface area contributed by atoms with Crippen LogP contribution >= 0.6 is 0 Å². The lowest BCUT2D eigenvalue weighted by Gasteiger charge is -2.28. The number of nitrogens with one attached hydrogen (secondary N) is 1. The van der Waals surface area contributed by atoms with E-state index in [0.717, 1.165) is 32.1 Å². The number of amides is 2. The molecule has 1 heterocycles. The average molecular weight is 239 g/mol. The Bertz CT molecular complexity index is 263. The topological polar surface area (TPSA) is 35.6 Å². The molecule has 1 unspecified atom stereocenters. The number of carbonyl (C=O) groups is 1. The highest BCUT2D eigenvalue weighted by atomic mass is 16.2. The standard InChI is InChI=1S/C13H25N3O/c1-3-14-12(11-6-4-5-7-11)10-16-9-8-15(2)13(16)17/h11-12,14H,3-10H2,1-2H3. The van der Waals surface area contributed by atoms with Gasteiger partial charge in [-0.1, -0.05) is 19.8 Å². The molecule has 2 fully saturated rings. The highest BCUT2D eigenvalue weighted by molar-refractivity contribution is 5.76. The van der Waals surface area contributed by atoms with Crippen molar-refractivity contribution >= 4 is 6.03 Å². The molecular weight excluding hydrogens is 214 g/mol. The first-order chi connectivity index (χ1) is 8.22. The third kappa shape index (κ3) is 2.92. The van der Waals surface area contributed by atoms with E-state index >= 15 is 0 Å². The molecule has 2 aliphatic rings. The number of urea groups is 1. The van der Waals surface area contributed by atoms with Gasteiger partial charge in [0, 0.05) is 32.7 Å². The van der Waals surface area contributed by atoms with E-state index in [1.807, 2.05) is 16.8 Å². The molecule has 2 rings (SSSR count). The fourth-order valence-electron chi connectivity index (χ4n) is 3.11. The van der Waals surface area contributed by atoms with Gasteiger partial charge in [0.2, 0.25) is 0 Å². The Morgan fingerprint density at radius 3 is 2.59 bits per heavy atom. The molecule has 98 valence electrons. The monoisotopic (exact) mass is 239 g/mol. The van der Waals surface area contributed by atoms with E-state index in [1.54, 1.807) is 0 Å². The van der Waals surface area contributed by atoms with Gasteiger partial charge in [-0.2, -0.15) is 0 Å². The molecule has 0 aromatic carbocycles. The molecule has 0 radical (unpaired) electrons. The SMILES string of the molecule is CCNC(CN1CCN(C)C1=O)C1CCCC1. The van der Waals surface area contributed by atoms with Gasteiger partial charge in [-0.15, -0.1) is 0 Å². The summed E-state index contributed by atoms with van der Waals surface area (Å²) in [7, 11) is 1.89. The Morgan fingerprint density at radius 1 is 1.35 bits per heavy atom. The van der Waals surface area contributed by atoms with Gasteiger partial charge in [0.15, 0.2) is 0 Å². The molecule has 0 spiro atoms. The third-order valence-electron chi connectivity index (χ3n) is 4.15. The van der Waals surface area contributed by atoms with Crippen molar-refractivity contribution in [1.29, 1.82) is 0 Å². The van der Waals surface area contributed by atoms with Crippen LogP contribution in [-0.4, -0.2) is 55.1 Å². The fourth-order valence-corrected chi connectivity index (χ4v) is 3.11. The minimum atomic E-state index is 0.200. The average Bonchev–Trinajstić information content (AvgIpc) is 2.93. The van der Waals surface area contributed by atoms with Crippen LogP contribution in [0.4, 0.5) is 4.79 Å². The molecule has 1 N–H and O–H groups in total. The molecule has 1 aliphatic heterocycles. The summed E-state index contributed by atoms with van der Waals surface area (Å²) in [4.78, 5) is 15.7. The second kappa shape index (κ2) is 5.71. The highest BCUT2D eigenvalue weighted by Gasteiger charge is 2.31. The van der Waals surface area contributed by atoms with Crippen molar-refractivity contribution in [3.05, 3.63) is 0 Å². The maximum absolute atomic E-state index is 11.9. The van der Waals surface area contributed by atoms with Crippen LogP contribution in [0.1, 0.15) is 32.6 Å². The fraction of sp³-hybridized carbons (Fsp3) is 0.923. The van der Waals surface area contributed by atoms with E-state index in [-0.39, 0.29) is 6.03 Å². The second-order valence-corrected chi connectivity index (χ2v) is 5.36. The van der Waals surface area contributed by atoms with Gasteiger partial charge < -0.3 is 15.1 Å². The molecule has 1 saturated heterocycles. The van der Waals surface area contributed by atoms with Gasteiger partial charge in [0.25, 0.3) is 0 Å². The smallest absolute Gasteiger partial charge is 0.319 e. The van der Waals surface area contributed by atoms with Gasteiger partial charge in [-0.25, -0.2) is 4.79 Å². The second-order valence-electron chi connectivity index (χ2n) is 5.36. The van der Waals surface area contributed by atoms with Gasteiger partial charge in [0.1, 0.15) is 0 Å². The minimum absolute atomic E-state index is 0.200. The normalized spacial score (nSPS) is 23.8. The Labute approximate surface area is 104 Å². The number of hydrogen-bond donors (Lipinski definition) is 1. The zero-order valence-corrected chi connectivity index (χ0v) is 11.1. The first kappa shape index (κ1) is 12.7. The molecule has 1 atom stereocenters. The summed E-state index contributed by atoms with van der Waals surface area (Å²) in [6, 6.07) is 0.698. The summed E-state index contributed by atoms with van der Waals surface area (Å²) >= 11 is 0. The number of nitrogens with zero attached hydrogens (tertiary/aromatic N) is 2. The van der Waals surface area contributed by atoms with Crippen LogP contribution in [0.2, 0.25) is 0 Å². The zero-order valence-electron chi connectivity index (χ0n) is 11.1.